The zero-order valence-corrected chi connectivity index (χ0v) is 38.3. The molecule has 64 heavy (non-hydrogen) atoms. The van der Waals surface area contributed by atoms with Gasteiger partial charge in [-0.2, -0.15) is 0 Å². The summed E-state index contributed by atoms with van der Waals surface area (Å²) >= 11 is 1.68. The number of likely N-dealkylation sites (tertiary alicyclic amines) is 2. The third-order valence-electron chi connectivity index (χ3n) is 12.3. The summed E-state index contributed by atoms with van der Waals surface area (Å²) in [5.74, 6) is 1.20. The highest BCUT2D eigenvalue weighted by molar-refractivity contribution is 7.12. The van der Waals surface area contributed by atoms with Gasteiger partial charge in [0.05, 0.1) is 64.6 Å². The fourth-order valence-electron chi connectivity index (χ4n) is 9.19. The Labute approximate surface area is 375 Å². The van der Waals surface area contributed by atoms with Crippen LogP contribution in [0.3, 0.4) is 0 Å². The van der Waals surface area contributed by atoms with Crippen molar-refractivity contribution in [1.29, 1.82) is 0 Å². The maximum absolute atomic E-state index is 16.8. The number of carbonyl (C=O) groups excluding carboxylic acids is 3. The highest BCUT2D eigenvalue weighted by atomic mass is 32.1. The molecule has 0 saturated carbocycles. The Balaban J connectivity index is 1.05. The first-order valence-corrected chi connectivity index (χ1v) is 22.9. The number of aromatic nitrogens is 5. The summed E-state index contributed by atoms with van der Waals surface area (Å²) in [7, 11) is 1.27. The van der Waals surface area contributed by atoms with Gasteiger partial charge in [0.15, 0.2) is 0 Å². The molecule has 3 N–H and O–H groups in total. The Hall–Kier alpha value is -6.16. The summed E-state index contributed by atoms with van der Waals surface area (Å²) in [4.78, 5) is 61.0. The first kappa shape index (κ1) is 43.1. The average molecular weight is 891 g/mol. The predicted octanol–water partition coefficient (Wildman–Crippen LogP) is 10.5. The molecule has 0 spiro atoms. The van der Waals surface area contributed by atoms with Crippen molar-refractivity contribution >= 4 is 40.3 Å². The number of amides is 3. The number of benzene rings is 2. The molecule has 3 amide bonds. The van der Waals surface area contributed by atoms with Gasteiger partial charge >= 0.3 is 12.2 Å². The molecule has 2 saturated heterocycles. The van der Waals surface area contributed by atoms with E-state index in [1.807, 2.05) is 58.9 Å². The average Bonchev–Trinajstić information content (AvgIpc) is 4.11. The van der Waals surface area contributed by atoms with Crippen molar-refractivity contribution in [2.75, 3.05) is 20.2 Å². The van der Waals surface area contributed by atoms with Gasteiger partial charge in [-0.3, -0.25) is 14.3 Å². The molecular formula is C48H55FN8O6S. The number of thiophene rings is 1. The molecule has 3 aliphatic rings. The summed E-state index contributed by atoms with van der Waals surface area (Å²) < 4.78 is 36.3. The Morgan fingerprint density at radius 1 is 0.891 bits per heavy atom. The van der Waals surface area contributed by atoms with Crippen LogP contribution in [0.2, 0.25) is 0 Å². The highest BCUT2D eigenvalue weighted by Crippen LogP contribution is 2.49. The summed E-state index contributed by atoms with van der Waals surface area (Å²) in [5, 5.41) is 3.59. The fourth-order valence-corrected chi connectivity index (χ4v) is 10.2. The number of alkyl carbamates (subject to hydrolysis) is 1. The zero-order chi connectivity index (χ0) is 45.2. The molecule has 2 aromatic carbocycles. The number of rotatable bonds is 9. The summed E-state index contributed by atoms with van der Waals surface area (Å²) in [6.07, 6.45) is 4.99. The Kier molecular flexibility index (Phi) is 11.3. The smallest absolute Gasteiger partial charge is 0.410 e. The van der Waals surface area contributed by atoms with Gasteiger partial charge in [0, 0.05) is 34.5 Å². The van der Waals surface area contributed by atoms with Gasteiger partial charge in [0.25, 0.3) is 0 Å². The van der Waals surface area contributed by atoms with Crippen molar-refractivity contribution in [2.24, 2.45) is 5.92 Å². The van der Waals surface area contributed by atoms with Gasteiger partial charge in [0.2, 0.25) is 12.1 Å². The number of hydrogen-bond donors (Lipinski definition) is 3. The van der Waals surface area contributed by atoms with Crippen molar-refractivity contribution < 1.29 is 33.0 Å². The number of imidazole rings is 2. The van der Waals surface area contributed by atoms with Crippen LogP contribution in [-0.2, 0) is 14.3 Å². The number of carbonyl (C=O) groups is 3. The number of fused-ring (bicyclic) bond motifs is 5. The molecule has 16 heteroatoms. The van der Waals surface area contributed by atoms with Crippen LogP contribution in [-0.4, -0.2) is 84.2 Å². The Morgan fingerprint density at radius 3 is 2.20 bits per heavy atom. The SMILES string of the molecule is COC(=O)N[C@H](C(=O)N1CCC[C@H]1c1ncc(-c2cc(F)c3c(c2)OC(c2ccc(C(C)C)s2)n2c-3cc3cc(-c4cnc([C@@H]5CCCN5C(=O)OC(C)(C)C)[nH]4)ccc32)[nH]1)C(C)C. The molecule has 4 aromatic heterocycles. The lowest BCUT2D eigenvalue weighted by Crippen LogP contribution is -2.51. The second-order valence-electron chi connectivity index (χ2n) is 18.6. The fraction of sp³-hybridized carbons (Fsp3) is 0.438. The van der Waals surface area contributed by atoms with Crippen LogP contribution >= 0.6 is 11.3 Å². The minimum absolute atomic E-state index is 0.166. The van der Waals surface area contributed by atoms with Crippen molar-refractivity contribution in [1.82, 2.24) is 39.6 Å². The number of nitrogens with zero attached hydrogens (tertiary/aromatic N) is 5. The number of ether oxygens (including phenoxy) is 3. The molecule has 9 rings (SSSR count). The Morgan fingerprint density at radius 2 is 1.56 bits per heavy atom. The molecule has 336 valence electrons. The molecule has 4 atom stereocenters. The van der Waals surface area contributed by atoms with Crippen LogP contribution in [0.1, 0.15) is 120 Å². The van der Waals surface area contributed by atoms with Crippen LogP contribution in [0.15, 0.2) is 60.9 Å². The van der Waals surface area contributed by atoms with E-state index in [-0.39, 0.29) is 30.0 Å². The largest absolute Gasteiger partial charge is 0.464 e. The maximum Gasteiger partial charge on any atom is 0.410 e. The lowest BCUT2D eigenvalue weighted by Gasteiger charge is -2.30. The highest BCUT2D eigenvalue weighted by Gasteiger charge is 2.39. The number of halogens is 1. The quantitative estimate of drug-likeness (QED) is 0.129. The van der Waals surface area contributed by atoms with Crippen LogP contribution < -0.4 is 10.1 Å². The van der Waals surface area contributed by atoms with Gasteiger partial charge in [-0.1, -0.05) is 33.8 Å². The lowest BCUT2D eigenvalue weighted by atomic mass is 10.0. The van der Waals surface area contributed by atoms with E-state index in [1.54, 1.807) is 33.5 Å². The van der Waals surface area contributed by atoms with Crippen molar-refractivity contribution in [3.8, 4) is 39.5 Å². The third-order valence-corrected chi connectivity index (χ3v) is 13.8. The van der Waals surface area contributed by atoms with Crippen molar-refractivity contribution in [3.05, 3.63) is 88.1 Å². The van der Waals surface area contributed by atoms with Gasteiger partial charge < -0.3 is 34.4 Å². The van der Waals surface area contributed by atoms with Gasteiger partial charge in [0.1, 0.15) is 34.9 Å². The molecular weight excluding hydrogens is 836 g/mol. The molecule has 3 aliphatic heterocycles. The number of nitrogens with one attached hydrogen (secondary N) is 3. The van der Waals surface area contributed by atoms with Crippen molar-refractivity contribution in [3.63, 3.8) is 0 Å². The topological polar surface area (TPSA) is 160 Å². The predicted molar refractivity (Wildman–Crippen MR) is 242 cm³/mol. The van der Waals surface area contributed by atoms with E-state index in [2.05, 4.69) is 51.9 Å². The number of aromatic amines is 2. The molecule has 0 bridgehead atoms. The minimum Gasteiger partial charge on any atom is -0.464 e. The lowest BCUT2D eigenvalue weighted by molar-refractivity contribution is -0.135. The van der Waals surface area contributed by atoms with E-state index in [4.69, 9.17) is 24.2 Å². The summed E-state index contributed by atoms with van der Waals surface area (Å²) in [6.45, 7) is 14.8. The molecule has 0 radical (unpaired) electrons. The summed E-state index contributed by atoms with van der Waals surface area (Å²) in [6, 6.07) is 14.4. The van der Waals surface area contributed by atoms with E-state index in [9.17, 15) is 14.4 Å². The minimum atomic E-state index is -0.761. The van der Waals surface area contributed by atoms with Crippen LogP contribution in [0.25, 0.3) is 44.7 Å². The molecule has 7 heterocycles. The molecule has 6 aromatic rings. The molecule has 14 nitrogen and oxygen atoms in total. The van der Waals surface area contributed by atoms with Gasteiger partial charge in [-0.15, -0.1) is 11.3 Å². The van der Waals surface area contributed by atoms with E-state index >= 15 is 4.39 Å². The maximum atomic E-state index is 16.8. The van der Waals surface area contributed by atoms with E-state index < -0.39 is 29.8 Å². The number of H-pyrrole nitrogens is 2. The normalized spacial score (nSPS) is 19.0. The standard InChI is InChI=1S/C48H55FN8O6S/c1-25(2)38-15-16-39(64-38)45-57-33-14-13-27(31-23-50-43(52-31)35-12-10-18-56(35)47(60)63-48(5,6)7)19-29(33)21-36(57)40-30(49)20-28(22-37(40)62-45)32-24-51-42(53-32)34-11-9-17-55(34)44(58)41(26(3)4)54-46(59)61-8/h13-16,19-26,34-35,41,45H,9-12,17-18H2,1-8H3,(H,50,52)(H,51,53)(H,54,59)/t34-,35-,41-,45?/m0/s1. The van der Waals surface area contributed by atoms with E-state index in [0.29, 0.717) is 65.3 Å². The molecule has 2 fully saturated rings. The van der Waals surface area contributed by atoms with Crippen molar-refractivity contribution in [2.45, 2.75) is 110 Å². The van der Waals surface area contributed by atoms with Crippen LogP contribution in [0.4, 0.5) is 14.0 Å². The van der Waals surface area contributed by atoms with Gasteiger partial charge in [-0.05, 0) is 101 Å². The Bertz CT molecular complexity index is 2740. The van der Waals surface area contributed by atoms with Gasteiger partial charge in [-0.25, -0.2) is 23.9 Å². The second-order valence-corrected chi connectivity index (χ2v) is 19.8. The monoisotopic (exact) mass is 890 g/mol. The zero-order valence-electron chi connectivity index (χ0n) is 37.5. The molecule has 1 unspecified atom stereocenters. The number of methoxy groups -OCH3 is 1. The van der Waals surface area contributed by atoms with Crippen LogP contribution in [0.5, 0.6) is 5.75 Å². The first-order chi connectivity index (χ1) is 30.6. The van der Waals surface area contributed by atoms with E-state index in [1.165, 1.54) is 18.1 Å². The summed E-state index contributed by atoms with van der Waals surface area (Å²) in [5.41, 5.74) is 4.19. The first-order valence-electron chi connectivity index (χ1n) is 22.1. The second kappa shape index (κ2) is 16.8. The van der Waals surface area contributed by atoms with E-state index in [0.717, 1.165) is 46.3 Å². The molecule has 0 aliphatic carbocycles. The van der Waals surface area contributed by atoms with Crippen LogP contribution in [0, 0.1) is 11.7 Å². The number of hydrogen-bond acceptors (Lipinski definition) is 9. The third kappa shape index (κ3) is 8.01.